The Labute approximate surface area is 98.6 Å². The van der Waals surface area contributed by atoms with E-state index in [1.54, 1.807) is 4.90 Å². The van der Waals surface area contributed by atoms with E-state index in [0.717, 1.165) is 6.42 Å². The normalized spacial score (nSPS) is 13.9. The van der Waals surface area contributed by atoms with Crippen LogP contribution >= 0.6 is 0 Å². The molecule has 0 radical (unpaired) electrons. The summed E-state index contributed by atoms with van der Waals surface area (Å²) in [4.78, 5) is 13.5. The molecule has 2 atom stereocenters. The molecule has 0 bridgehead atoms. The summed E-state index contributed by atoms with van der Waals surface area (Å²) in [6.45, 7) is 9.45. The zero-order chi connectivity index (χ0) is 12.6. The first kappa shape index (κ1) is 14.9. The highest BCUT2D eigenvalue weighted by Crippen LogP contribution is 1.99. The van der Waals surface area contributed by atoms with Gasteiger partial charge in [0.25, 0.3) is 0 Å². The molecule has 0 aromatic carbocycles. The molecule has 16 heavy (non-hydrogen) atoms. The first-order chi connectivity index (χ1) is 7.54. The van der Waals surface area contributed by atoms with Crippen LogP contribution in [0.4, 0.5) is 0 Å². The number of hydrogen-bond acceptors (Lipinski definition) is 3. The van der Waals surface area contributed by atoms with E-state index in [9.17, 15) is 4.79 Å². The summed E-state index contributed by atoms with van der Waals surface area (Å²) in [5.74, 6) is -0.0302. The van der Waals surface area contributed by atoms with Gasteiger partial charge in [-0.25, -0.2) is 0 Å². The van der Waals surface area contributed by atoms with Crippen molar-refractivity contribution >= 4 is 5.91 Å². The minimum Gasteiger partial charge on any atom is -0.341 e. The summed E-state index contributed by atoms with van der Waals surface area (Å²) < 4.78 is 0. The smallest absolute Gasteiger partial charge is 0.236 e. The van der Waals surface area contributed by atoms with Crippen LogP contribution in [0.1, 0.15) is 34.1 Å². The summed E-state index contributed by atoms with van der Waals surface area (Å²) in [6, 6.07) is 2.50. The van der Waals surface area contributed by atoms with Crippen molar-refractivity contribution < 1.29 is 4.79 Å². The molecule has 0 aromatic heterocycles. The molecule has 4 heteroatoms. The molecule has 2 unspecified atom stereocenters. The Morgan fingerprint density at radius 1 is 1.44 bits per heavy atom. The second kappa shape index (κ2) is 8.12. The number of likely N-dealkylation sites (N-methyl/N-ethyl adjacent to an activating group) is 1. The van der Waals surface area contributed by atoms with Gasteiger partial charge < -0.3 is 10.2 Å². The monoisotopic (exact) mass is 225 g/mol. The largest absolute Gasteiger partial charge is 0.341 e. The van der Waals surface area contributed by atoms with E-state index in [4.69, 9.17) is 5.26 Å². The third kappa shape index (κ3) is 5.72. The zero-order valence-corrected chi connectivity index (χ0v) is 10.8. The van der Waals surface area contributed by atoms with Crippen LogP contribution in [0.5, 0.6) is 0 Å². The van der Waals surface area contributed by atoms with Crippen molar-refractivity contribution in [3.63, 3.8) is 0 Å². The zero-order valence-electron chi connectivity index (χ0n) is 10.8. The van der Waals surface area contributed by atoms with Gasteiger partial charge in [-0.15, -0.1) is 0 Å². The molecule has 0 saturated carbocycles. The Morgan fingerprint density at radius 2 is 2.06 bits per heavy atom. The highest BCUT2D eigenvalue weighted by Gasteiger charge is 2.14. The Hall–Kier alpha value is -1.08. The molecule has 0 aliphatic heterocycles. The maximum atomic E-state index is 11.8. The lowest BCUT2D eigenvalue weighted by Gasteiger charge is -2.23. The first-order valence-electron chi connectivity index (χ1n) is 5.95. The van der Waals surface area contributed by atoms with Crippen molar-refractivity contribution in [2.45, 2.75) is 40.2 Å². The van der Waals surface area contributed by atoms with Crippen LogP contribution in [-0.2, 0) is 4.79 Å². The van der Waals surface area contributed by atoms with Crippen LogP contribution in [0.15, 0.2) is 0 Å². The molecule has 92 valence electrons. The van der Waals surface area contributed by atoms with E-state index in [2.05, 4.69) is 25.2 Å². The van der Waals surface area contributed by atoms with Crippen LogP contribution in [0.2, 0.25) is 0 Å². The summed E-state index contributed by atoms with van der Waals surface area (Å²) >= 11 is 0. The Balaban J connectivity index is 4.07. The topological polar surface area (TPSA) is 56.1 Å². The third-order valence-corrected chi connectivity index (χ3v) is 2.66. The molecule has 0 aliphatic rings. The SMILES string of the molecule is CCC(C)NCC(=O)N(CC)CC(C)C#N. The van der Waals surface area contributed by atoms with E-state index in [1.165, 1.54) is 0 Å². The molecule has 1 amide bonds. The van der Waals surface area contributed by atoms with E-state index < -0.39 is 0 Å². The molecule has 0 spiro atoms. The first-order valence-corrected chi connectivity index (χ1v) is 5.95. The molecule has 0 heterocycles. The van der Waals surface area contributed by atoms with Gasteiger partial charge in [0, 0.05) is 19.1 Å². The lowest BCUT2D eigenvalue weighted by molar-refractivity contribution is -0.130. The van der Waals surface area contributed by atoms with Crippen molar-refractivity contribution in [3.8, 4) is 6.07 Å². The second-order valence-corrected chi connectivity index (χ2v) is 4.15. The van der Waals surface area contributed by atoms with Crippen molar-refractivity contribution in [1.82, 2.24) is 10.2 Å². The quantitative estimate of drug-likeness (QED) is 0.712. The second-order valence-electron chi connectivity index (χ2n) is 4.15. The molecule has 0 aromatic rings. The molecule has 4 nitrogen and oxygen atoms in total. The standard InChI is InChI=1S/C12H23N3O/c1-5-11(4)14-8-12(16)15(6-2)9-10(3)7-13/h10-11,14H,5-6,8-9H2,1-4H3. The fourth-order valence-corrected chi connectivity index (χ4v) is 1.30. The average Bonchev–Trinajstić information content (AvgIpc) is 2.31. The summed E-state index contributed by atoms with van der Waals surface area (Å²) in [6.07, 6.45) is 1.01. The Morgan fingerprint density at radius 3 is 2.50 bits per heavy atom. The molecule has 1 N–H and O–H groups in total. The molecule has 0 rings (SSSR count). The van der Waals surface area contributed by atoms with E-state index >= 15 is 0 Å². The maximum Gasteiger partial charge on any atom is 0.236 e. The number of carbonyl (C=O) groups excluding carboxylic acids is 1. The lowest BCUT2D eigenvalue weighted by Crippen LogP contribution is -2.42. The van der Waals surface area contributed by atoms with Crippen molar-refractivity contribution in [3.05, 3.63) is 0 Å². The Bertz CT molecular complexity index is 247. The van der Waals surface area contributed by atoms with Crippen LogP contribution in [0.25, 0.3) is 0 Å². The van der Waals surface area contributed by atoms with Crippen LogP contribution in [0, 0.1) is 17.2 Å². The molecule has 0 saturated heterocycles. The van der Waals surface area contributed by atoms with Gasteiger partial charge in [0.1, 0.15) is 0 Å². The number of rotatable bonds is 7. The minimum atomic E-state index is -0.104. The van der Waals surface area contributed by atoms with Gasteiger partial charge in [-0.1, -0.05) is 6.92 Å². The van der Waals surface area contributed by atoms with Gasteiger partial charge in [0.05, 0.1) is 18.5 Å². The Kier molecular flexibility index (Phi) is 7.57. The summed E-state index contributed by atoms with van der Waals surface area (Å²) in [7, 11) is 0. The van der Waals surface area contributed by atoms with Gasteiger partial charge in [-0.05, 0) is 27.2 Å². The lowest BCUT2D eigenvalue weighted by atomic mass is 10.2. The van der Waals surface area contributed by atoms with Crippen LogP contribution in [-0.4, -0.2) is 36.5 Å². The van der Waals surface area contributed by atoms with Gasteiger partial charge in [-0.2, -0.15) is 5.26 Å². The number of nitriles is 1. The number of nitrogens with one attached hydrogen (secondary N) is 1. The maximum absolute atomic E-state index is 11.8. The predicted molar refractivity (Wildman–Crippen MR) is 64.8 cm³/mol. The molecule has 0 aliphatic carbocycles. The van der Waals surface area contributed by atoms with Crippen molar-refractivity contribution in [2.75, 3.05) is 19.6 Å². The minimum absolute atomic E-state index is 0.0740. The fraction of sp³-hybridized carbons (Fsp3) is 0.833. The third-order valence-electron chi connectivity index (χ3n) is 2.66. The molecular formula is C12H23N3O. The van der Waals surface area contributed by atoms with Crippen molar-refractivity contribution in [1.29, 1.82) is 5.26 Å². The highest BCUT2D eigenvalue weighted by molar-refractivity contribution is 5.78. The van der Waals surface area contributed by atoms with Crippen molar-refractivity contribution in [2.24, 2.45) is 5.92 Å². The number of nitrogens with zero attached hydrogens (tertiary/aromatic N) is 2. The van der Waals surface area contributed by atoms with E-state index in [-0.39, 0.29) is 11.8 Å². The van der Waals surface area contributed by atoms with Gasteiger partial charge in [0.2, 0.25) is 5.91 Å². The highest BCUT2D eigenvalue weighted by atomic mass is 16.2. The van der Waals surface area contributed by atoms with Gasteiger partial charge >= 0.3 is 0 Å². The average molecular weight is 225 g/mol. The summed E-state index contributed by atoms with van der Waals surface area (Å²) in [5.41, 5.74) is 0. The van der Waals surface area contributed by atoms with Crippen LogP contribution in [0.3, 0.4) is 0 Å². The summed E-state index contributed by atoms with van der Waals surface area (Å²) in [5, 5.41) is 11.9. The fourth-order valence-electron chi connectivity index (χ4n) is 1.30. The molecule has 0 fully saturated rings. The predicted octanol–water partition coefficient (Wildman–Crippen LogP) is 1.38. The molecular weight excluding hydrogens is 202 g/mol. The van der Waals surface area contributed by atoms with Gasteiger partial charge in [-0.3, -0.25) is 4.79 Å². The van der Waals surface area contributed by atoms with Gasteiger partial charge in [0.15, 0.2) is 0 Å². The van der Waals surface area contributed by atoms with E-state index in [0.29, 0.717) is 25.7 Å². The number of carbonyl (C=O) groups is 1. The van der Waals surface area contributed by atoms with Crippen LogP contribution < -0.4 is 5.32 Å². The number of hydrogen-bond donors (Lipinski definition) is 1. The van der Waals surface area contributed by atoms with E-state index in [1.807, 2.05) is 13.8 Å². The number of amides is 1.